The number of nitrogens with zero attached hydrogens (tertiary/aromatic N) is 3. The third-order valence-electron chi connectivity index (χ3n) is 5.69. The van der Waals surface area contributed by atoms with Crippen LogP contribution in [0.3, 0.4) is 0 Å². The van der Waals surface area contributed by atoms with E-state index in [2.05, 4.69) is 20.8 Å². The predicted molar refractivity (Wildman–Crippen MR) is 155 cm³/mol. The van der Waals surface area contributed by atoms with E-state index in [1.54, 1.807) is 42.5 Å². The van der Waals surface area contributed by atoms with Crippen molar-refractivity contribution in [2.45, 2.75) is 0 Å². The number of anilines is 2. The summed E-state index contributed by atoms with van der Waals surface area (Å²) in [4.78, 5) is 27.7. The maximum atomic E-state index is 12.6. The highest BCUT2D eigenvalue weighted by molar-refractivity contribution is 7.14. The molecular weight excluding hydrogens is 554 g/mol. The Hall–Kier alpha value is -5.00. The fraction of sp³-hybridized carbons (Fsp3) is 0.0357. The summed E-state index contributed by atoms with van der Waals surface area (Å²) >= 11 is 7.40. The molecule has 0 aliphatic rings. The van der Waals surface area contributed by atoms with Crippen LogP contribution in [0.4, 0.5) is 16.5 Å². The summed E-state index contributed by atoms with van der Waals surface area (Å²) in [6.07, 6.45) is 1.36. The molecule has 5 rings (SSSR count). The van der Waals surface area contributed by atoms with Gasteiger partial charge in [-0.15, -0.1) is 11.3 Å². The van der Waals surface area contributed by atoms with E-state index in [4.69, 9.17) is 20.8 Å². The van der Waals surface area contributed by atoms with Crippen molar-refractivity contribution in [1.29, 1.82) is 0 Å². The second-order valence-corrected chi connectivity index (χ2v) is 9.58. The molecular formula is C28H20ClN5O5S. The van der Waals surface area contributed by atoms with Crippen molar-refractivity contribution in [3.05, 3.63) is 111 Å². The van der Waals surface area contributed by atoms with Gasteiger partial charge in [0.1, 0.15) is 17.3 Å². The van der Waals surface area contributed by atoms with E-state index < -0.39 is 10.8 Å². The molecule has 5 aromatic rings. The van der Waals surface area contributed by atoms with E-state index in [-0.39, 0.29) is 5.69 Å². The molecule has 2 N–H and O–H groups in total. The van der Waals surface area contributed by atoms with Gasteiger partial charge < -0.3 is 14.5 Å². The standard InChI is InChI=1S/C28H20ClN5O5S/c1-38-26-14-21(34(36)37)10-12-23(26)25-13-11-22(39-25)15-30-33-27(35)18-4-2-17(3-5-18)24-16-40-28(32-24)31-20-8-6-19(29)7-9-20/h2-16H,1H3,(H,31,32)(H,33,35)/b30-15-. The van der Waals surface area contributed by atoms with Gasteiger partial charge in [-0.2, -0.15) is 5.10 Å². The molecule has 0 saturated heterocycles. The minimum Gasteiger partial charge on any atom is -0.496 e. The molecule has 0 aliphatic heterocycles. The fourth-order valence-corrected chi connectivity index (χ4v) is 4.56. The molecule has 0 fully saturated rings. The molecule has 12 heteroatoms. The number of hydrogen-bond donors (Lipinski definition) is 2. The molecule has 0 radical (unpaired) electrons. The Morgan fingerprint density at radius 1 is 1.10 bits per heavy atom. The number of hydrogen-bond acceptors (Lipinski definition) is 9. The Kier molecular flexibility index (Phi) is 7.85. The first kappa shape index (κ1) is 26.6. The molecule has 0 bridgehead atoms. The highest BCUT2D eigenvalue weighted by Gasteiger charge is 2.15. The van der Waals surface area contributed by atoms with Crippen LogP contribution in [0.15, 0.2) is 93.8 Å². The third-order valence-corrected chi connectivity index (χ3v) is 6.70. The number of furan rings is 1. The van der Waals surface area contributed by atoms with Crippen molar-refractivity contribution in [2.24, 2.45) is 5.10 Å². The van der Waals surface area contributed by atoms with Gasteiger partial charge in [0.05, 0.1) is 35.6 Å². The van der Waals surface area contributed by atoms with E-state index in [1.807, 2.05) is 29.6 Å². The Morgan fingerprint density at radius 2 is 1.88 bits per heavy atom. The number of thiazole rings is 1. The zero-order chi connectivity index (χ0) is 28.1. The van der Waals surface area contributed by atoms with Gasteiger partial charge in [-0.25, -0.2) is 10.4 Å². The highest BCUT2D eigenvalue weighted by Crippen LogP contribution is 2.34. The third kappa shape index (κ3) is 6.17. The molecule has 0 saturated carbocycles. The number of ether oxygens (including phenoxy) is 1. The Labute approximate surface area is 237 Å². The van der Waals surface area contributed by atoms with Crippen LogP contribution in [0.2, 0.25) is 5.02 Å². The van der Waals surface area contributed by atoms with Crippen molar-refractivity contribution < 1.29 is 18.9 Å². The van der Waals surface area contributed by atoms with Gasteiger partial charge >= 0.3 is 0 Å². The first-order valence-corrected chi connectivity index (χ1v) is 13.0. The smallest absolute Gasteiger partial charge is 0.273 e. The molecule has 40 heavy (non-hydrogen) atoms. The van der Waals surface area contributed by atoms with Gasteiger partial charge in [0.2, 0.25) is 0 Å². The number of carbonyl (C=O) groups excluding carboxylic acids is 1. The van der Waals surface area contributed by atoms with Crippen LogP contribution in [0.5, 0.6) is 5.75 Å². The van der Waals surface area contributed by atoms with E-state index in [9.17, 15) is 14.9 Å². The minimum atomic E-state index is -0.501. The fourth-order valence-electron chi connectivity index (χ4n) is 3.70. The SMILES string of the molecule is COc1cc([N+](=O)[O-])ccc1-c1ccc(/C=N\NC(=O)c2ccc(-c3csc(Nc4ccc(Cl)cc4)n3)cc2)o1. The van der Waals surface area contributed by atoms with Crippen LogP contribution >= 0.6 is 22.9 Å². The summed E-state index contributed by atoms with van der Waals surface area (Å²) in [6.45, 7) is 0. The van der Waals surface area contributed by atoms with Gasteiger partial charge in [-0.3, -0.25) is 14.9 Å². The number of hydrazone groups is 1. The molecule has 0 unspecified atom stereocenters. The largest absolute Gasteiger partial charge is 0.496 e. The maximum absolute atomic E-state index is 12.6. The van der Waals surface area contributed by atoms with E-state index in [0.29, 0.717) is 33.4 Å². The Morgan fingerprint density at radius 3 is 2.60 bits per heavy atom. The van der Waals surface area contributed by atoms with Gasteiger partial charge in [0.25, 0.3) is 11.6 Å². The second kappa shape index (κ2) is 11.8. The number of methoxy groups -OCH3 is 1. The molecule has 0 aliphatic carbocycles. The van der Waals surface area contributed by atoms with Crippen molar-refractivity contribution in [2.75, 3.05) is 12.4 Å². The van der Waals surface area contributed by atoms with Crippen LogP contribution in [0.25, 0.3) is 22.6 Å². The number of nitrogens with one attached hydrogen (secondary N) is 2. The van der Waals surface area contributed by atoms with Gasteiger partial charge in [-0.05, 0) is 54.6 Å². The summed E-state index contributed by atoms with van der Waals surface area (Å²) in [5, 5.41) is 21.6. The summed E-state index contributed by atoms with van der Waals surface area (Å²) in [5.74, 6) is 0.715. The minimum absolute atomic E-state index is 0.0906. The summed E-state index contributed by atoms with van der Waals surface area (Å²) in [7, 11) is 1.42. The number of carbonyl (C=O) groups is 1. The Bertz CT molecular complexity index is 1700. The lowest BCUT2D eigenvalue weighted by atomic mass is 10.1. The van der Waals surface area contributed by atoms with Crippen LogP contribution in [0.1, 0.15) is 16.1 Å². The first-order valence-electron chi connectivity index (χ1n) is 11.7. The predicted octanol–water partition coefficient (Wildman–Crippen LogP) is 7.15. The monoisotopic (exact) mass is 573 g/mol. The van der Waals surface area contributed by atoms with Gasteiger partial charge in [0.15, 0.2) is 5.13 Å². The molecule has 10 nitrogen and oxygen atoms in total. The molecule has 200 valence electrons. The number of nitro groups is 1. The lowest BCUT2D eigenvalue weighted by Gasteiger charge is -2.05. The summed E-state index contributed by atoms with van der Waals surface area (Å²) in [5.41, 5.74) is 5.88. The quantitative estimate of drug-likeness (QED) is 0.109. The number of nitro benzene ring substituents is 1. The molecule has 0 spiro atoms. The molecule has 2 heterocycles. The van der Waals surface area contributed by atoms with Crippen LogP contribution in [0, 0.1) is 10.1 Å². The van der Waals surface area contributed by atoms with Crippen molar-refractivity contribution in [3.63, 3.8) is 0 Å². The zero-order valence-corrected chi connectivity index (χ0v) is 22.4. The molecule has 0 atom stereocenters. The second-order valence-electron chi connectivity index (χ2n) is 8.29. The van der Waals surface area contributed by atoms with Crippen molar-refractivity contribution in [3.8, 4) is 28.3 Å². The van der Waals surface area contributed by atoms with Crippen LogP contribution in [-0.2, 0) is 0 Å². The van der Waals surface area contributed by atoms with E-state index >= 15 is 0 Å². The van der Waals surface area contributed by atoms with Crippen LogP contribution in [-0.4, -0.2) is 29.1 Å². The van der Waals surface area contributed by atoms with Gasteiger partial charge in [-0.1, -0.05) is 23.7 Å². The molecule has 3 aromatic carbocycles. The average molecular weight is 574 g/mol. The number of benzene rings is 3. The highest BCUT2D eigenvalue weighted by atomic mass is 35.5. The number of halogens is 1. The number of aromatic nitrogens is 1. The molecule has 2 aromatic heterocycles. The number of non-ortho nitro benzene ring substituents is 1. The zero-order valence-electron chi connectivity index (χ0n) is 20.8. The normalized spacial score (nSPS) is 10.9. The summed E-state index contributed by atoms with van der Waals surface area (Å²) < 4.78 is 11.0. The Balaban J connectivity index is 1.19. The van der Waals surface area contributed by atoms with Crippen LogP contribution < -0.4 is 15.5 Å². The average Bonchev–Trinajstić information content (AvgIpc) is 3.64. The van der Waals surface area contributed by atoms with E-state index in [0.717, 1.165) is 22.1 Å². The van der Waals surface area contributed by atoms with E-state index in [1.165, 1.54) is 36.8 Å². The first-order chi connectivity index (χ1) is 19.4. The van der Waals surface area contributed by atoms with Crippen molar-refractivity contribution >= 4 is 51.6 Å². The molecule has 1 amide bonds. The van der Waals surface area contributed by atoms with Crippen molar-refractivity contribution in [1.82, 2.24) is 10.4 Å². The summed E-state index contributed by atoms with van der Waals surface area (Å²) in [6, 6.07) is 21.9. The number of rotatable bonds is 9. The number of amides is 1. The lowest BCUT2D eigenvalue weighted by Crippen LogP contribution is -2.17. The van der Waals surface area contributed by atoms with Gasteiger partial charge in [0, 0.05) is 33.3 Å². The maximum Gasteiger partial charge on any atom is 0.273 e. The topological polar surface area (TPSA) is 132 Å². The lowest BCUT2D eigenvalue weighted by molar-refractivity contribution is -0.384.